The minimum Gasteiger partial charge on any atom is -0.376 e. The van der Waals surface area contributed by atoms with Crippen molar-refractivity contribution >= 4 is 44.6 Å². The fraction of sp³-hybridized carbons (Fsp3) is 0.0278. The van der Waals surface area contributed by atoms with Crippen LogP contribution in [0.1, 0.15) is 66.8 Å². The zero-order valence-corrected chi connectivity index (χ0v) is 40.6. The van der Waals surface area contributed by atoms with Crippen molar-refractivity contribution in [3.05, 3.63) is 358 Å². The van der Waals surface area contributed by atoms with Crippen molar-refractivity contribution in [2.24, 2.45) is 0 Å². The van der Waals surface area contributed by atoms with Crippen molar-refractivity contribution < 1.29 is 10.2 Å². The molecule has 74 heavy (non-hydrogen) atoms. The predicted octanol–water partition coefficient (Wildman–Crippen LogP) is 15.9. The molecule has 0 saturated heterocycles. The molecular formula is C72H50O2. The molecule has 0 fully saturated rings. The number of aliphatic hydroxyl groups is 2. The highest BCUT2D eigenvalue weighted by atomic mass is 16.3. The molecule has 0 spiro atoms. The maximum Gasteiger partial charge on any atom is 0.142 e. The molecule has 2 aliphatic carbocycles. The first-order chi connectivity index (χ1) is 36.5. The van der Waals surface area contributed by atoms with Crippen LogP contribution in [0.2, 0.25) is 0 Å². The Labute approximate surface area is 433 Å². The van der Waals surface area contributed by atoms with Gasteiger partial charge in [0.05, 0.1) is 0 Å². The normalized spacial score (nSPS) is 14.8. The summed E-state index contributed by atoms with van der Waals surface area (Å²) in [7, 11) is 0. The first kappa shape index (κ1) is 45.8. The molecule has 12 rings (SSSR count). The van der Waals surface area contributed by atoms with Crippen LogP contribution in [0.4, 0.5) is 0 Å². The van der Waals surface area contributed by atoms with E-state index in [9.17, 15) is 10.2 Å². The van der Waals surface area contributed by atoms with Crippen molar-refractivity contribution in [1.82, 2.24) is 0 Å². The summed E-state index contributed by atoms with van der Waals surface area (Å²) in [5.41, 5.74) is 15.1. The Hall–Kier alpha value is -9.36. The van der Waals surface area contributed by atoms with Crippen LogP contribution < -0.4 is 0 Å². The molecule has 2 nitrogen and oxygen atoms in total. The van der Waals surface area contributed by atoms with E-state index in [2.05, 4.69) is 157 Å². The Bertz CT molecular complexity index is 3360. The third-order valence-corrected chi connectivity index (χ3v) is 14.4. The molecule has 0 saturated carbocycles. The average molecular weight is 947 g/mol. The molecule has 0 heterocycles. The number of benzene rings is 10. The second kappa shape index (κ2) is 19.7. The summed E-state index contributed by atoms with van der Waals surface area (Å²) in [6, 6.07) is 99.0. The molecule has 350 valence electrons. The zero-order chi connectivity index (χ0) is 49.9. The number of hydrogen-bond acceptors (Lipinski definition) is 2. The first-order valence-electron chi connectivity index (χ1n) is 25.1. The minimum atomic E-state index is -1.55. The monoisotopic (exact) mass is 946 g/mol. The molecular weight excluding hydrogens is 897 g/mol. The summed E-state index contributed by atoms with van der Waals surface area (Å²) < 4.78 is 0. The molecule has 0 amide bonds. The van der Waals surface area contributed by atoms with Gasteiger partial charge in [-0.2, -0.15) is 0 Å². The zero-order valence-electron chi connectivity index (χ0n) is 40.6. The third kappa shape index (κ3) is 8.08. The molecule has 0 aromatic heterocycles. The Kier molecular flexibility index (Phi) is 12.2. The molecule has 2 aliphatic rings. The lowest BCUT2D eigenvalue weighted by atomic mass is 9.76. The number of hydrogen-bond donors (Lipinski definition) is 2. The van der Waals surface area contributed by atoms with E-state index in [0.717, 1.165) is 111 Å². The Morgan fingerprint density at radius 3 is 0.568 bits per heavy atom. The minimum absolute atomic E-state index is 0.739. The lowest BCUT2D eigenvalue weighted by Crippen LogP contribution is -2.27. The van der Waals surface area contributed by atoms with Gasteiger partial charge in [0.25, 0.3) is 0 Å². The summed E-state index contributed by atoms with van der Waals surface area (Å²) in [4.78, 5) is 0. The summed E-state index contributed by atoms with van der Waals surface area (Å²) in [6.07, 6.45) is 0. The average Bonchev–Trinajstić information content (AvgIpc) is 3.93. The van der Waals surface area contributed by atoms with Crippen molar-refractivity contribution in [2.45, 2.75) is 11.2 Å². The molecule has 2 N–H and O–H groups in total. The quantitative estimate of drug-likeness (QED) is 0.134. The SMILES string of the molecule is OC1(c2ccc(C#Cc3ccc(C4(O)C(c5ccccc5)=C(c5ccccc5)C(c5ccccc5)=C4c4ccccc4)cc3)cc2)C(c2ccccc2)=C(c2ccccc2)C(c2ccccc2)=C1c1ccccc1. The van der Waals surface area contributed by atoms with E-state index < -0.39 is 11.2 Å². The van der Waals surface area contributed by atoms with Crippen LogP contribution in [0, 0.1) is 11.8 Å². The van der Waals surface area contributed by atoms with Gasteiger partial charge >= 0.3 is 0 Å². The Morgan fingerprint density at radius 1 is 0.203 bits per heavy atom. The third-order valence-electron chi connectivity index (χ3n) is 14.4. The van der Waals surface area contributed by atoms with Crippen molar-refractivity contribution in [3.63, 3.8) is 0 Å². The van der Waals surface area contributed by atoms with E-state index in [0.29, 0.717) is 0 Å². The maximum absolute atomic E-state index is 14.0. The van der Waals surface area contributed by atoms with Crippen LogP contribution in [0.15, 0.2) is 291 Å². The lowest BCUT2D eigenvalue weighted by Gasteiger charge is -2.32. The van der Waals surface area contributed by atoms with Gasteiger partial charge < -0.3 is 10.2 Å². The van der Waals surface area contributed by atoms with Crippen LogP contribution in [-0.4, -0.2) is 10.2 Å². The molecule has 0 aliphatic heterocycles. The maximum atomic E-state index is 14.0. The van der Waals surface area contributed by atoms with Gasteiger partial charge in [0.2, 0.25) is 0 Å². The van der Waals surface area contributed by atoms with Crippen LogP contribution in [0.25, 0.3) is 44.6 Å². The highest BCUT2D eigenvalue weighted by Crippen LogP contribution is 2.62. The van der Waals surface area contributed by atoms with E-state index in [-0.39, 0.29) is 0 Å². The summed E-state index contributed by atoms with van der Waals surface area (Å²) in [6.45, 7) is 0. The van der Waals surface area contributed by atoms with Crippen LogP contribution >= 0.6 is 0 Å². The van der Waals surface area contributed by atoms with E-state index in [4.69, 9.17) is 0 Å². The molecule has 10 aromatic rings. The van der Waals surface area contributed by atoms with Gasteiger partial charge in [-0.25, -0.2) is 0 Å². The number of rotatable bonds is 10. The van der Waals surface area contributed by atoms with Crippen LogP contribution in [0.3, 0.4) is 0 Å². The summed E-state index contributed by atoms with van der Waals surface area (Å²) in [5, 5.41) is 27.9. The molecule has 0 unspecified atom stereocenters. The second-order valence-electron chi connectivity index (χ2n) is 18.8. The first-order valence-corrected chi connectivity index (χ1v) is 25.1. The molecule has 0 bridgehead atoms. The van der Waals surface area contributed by atoms with Crippen molar-refractivity contribution in [1.29, 1.82) is 0 Å². The van der Waals surface area contributed by atoms with E-state index in [1.54, 1.807) is 0 Å². The van der Waals surface area contributed by atoms with Gasteiger partial charge in [-0.15, -0.1) is 0 Å². The van der Waals surface area contributed by atoms with Gasteiger partial charge in [0.15, 0.2) is 0 Å². The number of allylic oxidation sites excluding steroid dienone is 4. The Balaban J connectivity index is 0.974. The molecule has 0 radical (unpaired) electrons. The van der Waals surface area contributed by atoms with Gasteiger partial charge in [-0.3, -0.25) is 0 Å². The van der Waals surface area contributed by atoms with Gasteiger partial charge in [0, 0.05) is 33.4 Å². The second-order valence-corrected chi connectivity index (χ2v) is 18.8. The largest absolute Gasteiger partial charge is 0.376 e. The topological polar surface area (TPSA) is 40.5 Å². The summed E-state index contributed by atoms with van der Waals surface area (Å²) in [5.74, 6) is 6.87. The molecule has 2 heteroatoms. The standard InChI is InChI=1S/C72H50O2/c73-71(67(57-33-17-5-18-34-57)63(53-25-9-1-10-26-53)64(54-27-11-2-12-28-54)68(71)58-35-19-6-20-36-58)61-47-43-51(44-48-61)41-42-52-45-49-62(50-46-52)72(74)69(59-37-21-7-22-38-59)65(55-29-13-3-14-30-55)66(56-31-15-4-16-32-56)70(72)60-39-23-8-24-40-60/h1-40,43-50,73-74H. The van der Waals surface area contributed by atoms with Crippen LogP contribution in [0.5, 0.6) is 0 Å². The van der Waals surface area contributed by atoms with E-state index in [1.165, 1.54) is 0 Å². The highest BCUT2D eigenvalue weighted by Gasteiger charge is 2.50. The lowest BCUT2D eigenvalue weighted by molar-refractivity contribution is 0.167. The molecule has 0 atom stereocenters. The highest BCUT2D eigenvalue weighted by molar-refractivity contribution is 6.32. The van der Waals surface area contributed by atoms with E-state index >= 15 is 0 Å². The van der Waals surface area contributed by atoms with E-state index in [1.807, 2.05) is 146 Å². The van der Waals surface area contributed by atoms with Gasteiger partial charge in [-0.05, 0) is 102 Å². The predicted molar refractivity (Wildman–Crippen MR) is 305 cm³/mol. The fourth-order valence-electron chi connectivity index (χ4n) is 11.2. The van der Waals surface area contributed by atoms with Crippen molar-refractivity contribution in [2.75, 3.05) is 0 Å². The van der Waals surface area contributed by atoms with Gasteiger partial charge in [-0.1, -0.05) is 279 Å². The molecule has 10 aromatic carbocycles. The summed E-state index contributed by atoms with van der Waals surface area (Å²) >= 11 is 0. The van der Waals surface area contributed by atoms with Gasteiger partial charge in [0.1, 0.15) is 11.2 Å². The smallest absolute Gasteiger partial charge is 0.142 e. The Morgan fingerprint density at radius 2 is 0.378 bits per heavy atom. The van der Waals surface area contributed by atoms with Crippen LogP contribution in [-0.2, 0) is 11.2 Å². The fourth-order valence-corrected chi connectivity index (χ4v) is 11.2. The van der Waals surface area contributed by atoms with Crippen molar-refractivity contribution in [3.8, 4) is 11.8 Å².